The number of amides is 1. The van der Waals surface area contributed by atoms with Gasteiger partial charge in [-0.2, -0.15) is 0 Å². The molecule has 1 saturated carbocycles. The number of fused-ring (bicyclic) bond motifs is 1. The van der Waals surface area contributed by atoms with Crippen molar-refractivity contribution in [3.63, 3.8) is 0 Å². The molecule has 1 aliphatic heterocycles. The Morgan fingerprint density at radius 3 is 2.60 bits per heavy atom. The summed E-state index contributed by atoms with van der Waals surface area (Å²) >= 11 is 0. The average Bonchev–Trinajstić information content (AvgIpc) is 3.22. The van der Waals surface area contributed by atoms with Crippen LogP contribution in [0.25, 0.3) is 11.0 Å². The van der Waals surface area contributed by atoms with E-state index in [9.17, 15) is 9.90 Å². The first-order valence-corrected chi connectivity index (χ1v) is 13.4. The molecule has 1 N–H and O–H groups in total. The summed E-state index contributed by atoms with van der Waals surface area (Å²) < 4.78 is 7.61. The lowest BCUT2D eigenvalue weighted by Crippen LogP contribution is -2.49. The number of carbonyl (C=O) groups excluding carboxylic acids is 1. The molecule has 194 valence electrons. The van der Waals surface area contributed by atoms with Crippen molar-refractivity contribution >= 4 is 22.9 Å². The zero-order valence-corrected chi connectivity index (χ0v) is 22.1. The van der Waals surface area contributed by atoms with Gasteiger partial charge in [-0.05, 0) is 64.9 Å². The van der Waals surface area contributed by atoms with Gasteiger partial charge in [-0.25, -0.2) is 14.8 Å². The Morgan fingerprint density at radius 1 is 1.20 bits per heavy atom. The number of likely N-dealkylation sites (tertiary alicyclic amines) is 1. The molecule has 2 fully saturated rings. The largest absolute Gasteiger partial charge is 0.444 e. The van der Waals surface area contributed by atoms with Gasteiger partial charge in [-0.3, -0.25) is 0 Å². The standard InChI is InChI=1S/C27H43N5O3/c1-6-30(15-20-9-7-19(2)8-10-20)24-22-12-14-31(25(22)29-18-28-24)16-21-11-13-32(17-23(21)33)26(34)35-27(3,4)5/h12,14,18-21,23,33H,6-11,13,15-17H2,1-5H3/t19-,20-,21-,23+/m0/s1. The molecule has 0 spiro atoms. The van der Waals surface area contributed by atoms with Crippen LogP contribution in [-0.2, 0) is 11.3 Å². The number of anilines is 1. The minimum Gasteiger partial charge on any atom is -0.444 e. The smallest absolute Gasteiger partial charge is 0.410 e. The van der Waals surface area contributed by atoms with Crippen molar-refractivity contribution < 1.29 is 14.6 Å². The molecule has 1 aliphatic carbocycles. The summed E-state index contributed by atoms with van der Waals surface area (Å²) in [6.45, 7) is 13.6. The maximum atomic E-state index is 12.4. The molecule has 2 aliphatic rings. The summed E-state index contributed by atoms with van der Waals surface area (Å²) in [5.41, 5.74) is 0.370. The van der Waals surface area contributed by atoms with Crippen molar-refractivity contribution in [3.8, 4) is 0 Å². The van der Waals surface area contributed by atoms with Gasteiger partial charge in [0.25, 0.3) is 0 Å². The number of carbonyl (C=O) groups is 1. The minimum atomic E-state index is -0.601. The Labute approximate surface area is 209 Å². The van der Waals surface area contributed by atoms with Gasteiger partial charge < -0.3 is 24.2 Å². The van der Waals surface area contributed by atoms with Gasteiger partial charge in [0.05, 0.1) is 18.0 Å². The molecular formula is C27H43N5O3. The Morgan fingerprint density at radius 2 is 1.94 bits per heavy atom. The van der Waals surface area contributed by atoms with E-state index in [1.54, 1.807) is 11.2 Å². The van der Waals surface area contributed by atoms with E-state index in [1.807, 2.05) is 20.8 Å². The highest BCUT2D eigenvalue weighted by molar-refractivity contribution is 5.87. The second-order valence-corrected chi connectivity index (χ2v) is 11.6. The number of aliphatic hydroxyl groups is 1. The highest BCUT2D eigenvalue weighted by Crippen LogP contribution is 2.32. The lowest BCUT2D eigenvalue weighted by Gasteiger charge is -2.36. The molecule has 0 radical (unpaired) electrons. The number of piperidine rings is 1. The summed E-state index contributed by atoms with van der Waals surface area (Å²) in [6, 6.07) is 2.11. The highest BCUT2D eigenvalue weighted by atomic mass is 16.6. The third-order valence-corrected chi connectivity index (χ3v) is 7.63. The van der Waals surface area contributed by atoms with Crippen molar-refractivity contribution in [1.82, 2.24) is 19.4 Å². The van der Waals surface area contributed by atoms with Crippen molar-refractivity contribution in [3.05, 3.63) is 18.6 Å². The molecule has 2 atom stereocenters. The molecule has 0 aromatic carbocycles. The maximum absolute atomic E-state index is 12.4. The van der Waals surface area contributed by atoms with Crippen LogP contribution in [0.5, 0.6) is 0 Å². The van der Waals surface area contributed by atoms with Gasteiger partial charge in [0.2, 0.25) is 0 Å². The monoisotopic (exact) mass is 485 g/mol. The first kappa shape index (κ1) is 25.7. The molecule has 0 unspecified atom stereocenters. The highest BCUT2D eigenvalue weighted by Gasteiger charge is 2.33. The number of hydrogen-bond donors (Lipinski definition) is 1. The first-order valence-electron chi connectivity index (χ1n) is 13.4. The van der Waals surface area contributed by atoms with Crippen LogP contribution in [0.3, 0.4) is 0 Å². The van der Waals surface area contributed by atoms with Crippen molar-refractivity contribution in [2.45, 2.75) is 85.0 Å². The van der Waals surface area contributed by atoms with Crippen LogP contribution in [0.15, 0.2) is 18.6 Å². The molecule has 35 heavy (non-hydrogen) atoms. The van der Waals surface area contributed by atoms with Crippen LogP contribution >= 0.6 is 0 Å². The van der Waals surface area contributed by atoms with Crippen LogP contribution in [0.2, 0.25) is 0 Å². The predicted octanol–water partition coefficient (Wildman–Crippen LogP) is 4.70. The number of hydrogen-bond acceptors (Lipinski definition) is 6. The fraction of sp³-hybridized carbons (Fsp3) is 0.741. The predicted molar refractivity (Wildman–Crippen MR) is 138 cm³/mol. The van der Waals surface area contributed by atoms with Crippen LogP contribution < -0.4 is 4.90 Å². The van der Waals surface area contributed by atoms with E-state index in [2.05, 4.69) is 45.5 Å². The van der Waals surface area contributed by atoms with Gasteiger partial charge >= 0.3 is 6.09 Å². The minimum absolute atomic E-state index is 0.0502. The summed E-state index contributed by atoms with van der Waals surface area (Å²) in [6.07, 6.45) is 8.74. The van der Waals surface area contributed by atoms with Crippen molar-refractivity contribution in [2.24, 2.45) is 17.8 Å². The maximum Gasteiger partial charge on any atom is 0.410 e. The van der Waals surface area contributed by atoms with Crippen LogP contribution in [0.1, 0.15) is 66.7 Å². The molecular weight excluding hydrogens is 442 g/mol. The Kier molecular flexibility index (Phi) is 7.89. The van der Waals surface area contributed by atoms with Crippen LogP contribution in [0.4, 0.5) is 10.6 Å². The van der Waals surface area contributed by atoms with Crippen molar-refractivity contribution in [2.75, 3.05) is 31.1 Å². The number of nitrogens with zero attached hydrogens (tertiary/aromatic N) is 5. The van der Waals surface area contributed by atoms with Crippen LogP contribution in [-0.4, -0.2) is 68.5 Å². The Hall–Kier alpha value is -2.35. The fourth-order valence-electron chi connectivity index (χ4n) is 5.52. The normalized spacial score (nSPS) is 25.6. The van der Waals surface area contributed by atoms with E-state index in [0.717, 1.165) is 48.2 Å². The topological polar surface area (TPSA) is 83.7 Å². The van der Waals surface area contributed by atoms with Gasteiger partial charge in [0.15, 0.2) is 0 Å². The summed E-state index contributed by atoms with van der Waals surface area (Å²) in [5.74, 6) is 2.64. The number of β-amino-alcohol motifs (C(OH)–C–C–N with tert-alkyl or cyclic N) is 1. The van der Waals surface area contributed by atoms with Crippen LogP contribution in [0, 0.1) is 17.8 Å². The summed E-state index contributed by atoms with van der Waals surface area (Å²) in [7, 11) is 0. The van der Waals surface area contributed by atoms with Crippen molar-refractivity contribution in [1.29, 1.82) is 0 Å². The molecule has 1 saturated heterocycles. The number of aromatic nitrogens is 3. The quantitative estimate of drug-likeness (QED) is 0.638. The lowest BCUT2D eigenvalue weighted by molar-refractivity contribution is -0.0153. The van der Waals surface area contributed by atoms with E-state index >= 15 is 0 Å². The Balaban J connectivity index is 1.43. The van der Waals surface area contributed by atoms with E-state index < -0.39 is 11.7 Å². The van der Waals surface area contributed by atoms with Gasteiger partial charge in [-0.15, -0.1) is 0 Å². The molecule has 8 nitrogen and oxygen atoms in total. The number of aliphatic hydroxyl groups excluding tert-OH is 1. The molecule has 4 rings (SSSR count). The second-order valence-electron chi connectivity index (χ2n) is 11.6. The zero-order valence-electron chi connectivity index (χ0n) is 22.1. The molecule has 2 aromatic rings. The van der Waals surface area contributed by atoms with E-state index in [0.29, 0.717) is 19.6 Å². The molecule has 0 bridgehead atoms. The first-order chi connectivity index (χ1) is 16.6. The van der Waals surface area contributed by atoms with Gasteiger partial charge in [-0.1, -0.05) is 19.8 Å². The SMILES string of the molecule is CCN(C[C@H]1CC[C@H](C)CC1)c1ncnc2c1ccn2C[C@@H]1CCN(C(=O)OC(C)(C)C)C[C@H]1O. The number of rotatable bonds is 6. The second kappa shape index (κ2) is 10.7. The average molecular weight is 486 g/mol. The third kappa shape index (κ3) is 6.26. The van der Waals surface area contributed by atoms with E-state index in [-0.39, 0.29) is 12.0 Å². The molecule has 2 aromatic heterocycles. The van der Waals surface area contributed by atoms with E-state index in [4.69, 9.17) is 4.74 Å². The number of ether oxygens (including phenoxy) is 1. The fourth-order valence-corrected chi connectivity index (χ4v) is 5.52. The zero-order chi connectivity index (χ0) is 25.2. The lowest BCUT2D eigenvalue weighted by atomic mass is 9.83. The summed E-state index contributed by atoms with van der Waals surface area (Å²) in [4.78, 5) is 25.7. The summed E-state index contributed by atoms with van der Waals surface area (Å²) in [5, 5.41) is 11.9. The van der Waals surface area contributed by atoms with Gasteiger partial charge in [0.1, 0.15) is 23.4 Å². The molecule has 8 heteroatoms. The van der Waals surface area contributed by atoms with Gasteiger partial charge in [0, 0.05) is 38.3 Å². The molecule has 1 amide bonds. The molecule has 3 heterocycles. The van der Waals surface area contributed by atoms with E-state index in [1.165, 1.54) is 25.7 Å². The Bertz CT molecular complexity index is 992. The third-order valence-electron chi connectivity index (χ3n) is 7.63.